The molecule has 0 bridgehead atoms. The van der Waals surface area contributed by atoms with Crippen molar-refractivity contribution in [1.29, 1.82) is 0 Å². The molecule has 29 heavy (non-hydrogen) atoms. The number of thioether (sulfide) groups is 1. The SMILES string of the molecule is Cn1cnc2c1c(=O)n(CCCOC(=O)CCSc1ccc(F)cc1)c(=O)n2C. The maximum Gasteiger partial charge on any atom is 0.332 e. The predicted molar refractivity (Wildman–Crippen MR) is 108 cm³/mol. The van der Waals surface area contributed by atoms with Crippen LogP contribution in [0.2, 0.25) is 0 Å². The Morgan fingerprint density at radius 1 is 1.21 bits per heavy atom. The van der Waals surface area contributed by atoms with Crippen molar-refractivity contribution in [2.24, 2.45) is 14.1 Å². The lowest BCUT2D eigenvalue weighted by Gasteiger charge is -2.09. The van der Waals surface area contributed by atoms with E-state index >= 15 is 0 Å². The van der Waals surface area contributed by atoms with Gasteiger partial charge in [-0.05, 0) is 30.7 Å². The van der Waals surface area contributed by atoms with Crippen LogP contribution in [0.3, 0.4) is 0 Å². The number of ether oxygens (including phenoxy) is 1. The van der Waals surface area contributed by atoms with E-state index in [1.807, 2.05) is 0 Å². The van der Waals surface area contributed by atoms with E-state index in [1.54, 1.807) is 30.8 Å². The summed E-state index contributed by atoms with van der Waals surface area (Å²) in [6.07, 6.45) is 2.04. The van der Waals surface area contributed by atoms with Crippen LogP contribution >= 0.6 is 11.8 Å². The number of imidazole rings is 1. The molecule has 10 heteroatoms. The van der Waals surface area contributed by atoms with E-state index in [9.17, 15) is 18.8 Å². The lowest BCUT2D eigenvalue weighted by Crippen LogP contribution is -2.39. The summed E-state index contributed by atoms with van der Waals surface area (Å²) in [5, 5.41) is 0. The molecule has 0 aliphatic heterocycles. The molecule has 3 aromatic rings. The number of halogens is 1. The Morgan fingerprint density at radius 2 is 1.93 bits per heavy atom. The summed E-state index contributed by atoms with van der Waals surface area (Å²) in [6, 6.07) is 6.05. The third-order valence-electron chi connectivity index (χ3n) is 4.38. The quantitative estimate of drug-likeness (QED) is 0.313. The zero-order valence-electron chi connectivity index (χ0n) is 16.1. The highest BCUT2D eigenvalue weighted by Gasteiger charge is 2.14. The largest absolute Gasteiger partial charge is 0.466 e. The van der Waals surface area contributed by atoms with E-state index in [1.165, 1.54) is 34.8 Å². The Bertz CT molecular complexity index is 1130. The van der Waals surface area contributed by atoms with Crippen molar-refractivity contribution in [2.75, 3.05) is 12.4 Å². The van der Waals surface area contributed by atoms with Crippen LogP contribution in [0.15, 0.2) is 45.1 Å². The van der Waals surface area contributed by atoms with Gasteiger partial charge in [0.15, 0.2) is 11.2 Å². The molecule has 3 rings (SSSR count). The van der Waals surface area contributed by atoms with Crippen molar-refractivity contribution in [3.8, 4) is 0 Å². The van der Waals surface area contributed by atoms with Crippen LogP contribution in [-0.4, -0.2) is 37.0 Å². The molecule has 0 saturated heterocycles. The molecule has 0 spiro atoms. The summed E-state index contributed by atoms with van der Waals surface area (Å²) < 4.78 is 22.1. The van der Waals surface area contributed by atoms with E-state index in [4.69, 9.17) is 4.74 Å². The highest BCUT2D eigenvalue weighted by atomic mass is 32.2. The van der Waals surface area contributed by atoms with Gasteiger partial charge in [-0.2, -0.15) is 0 Å². The van der Waals surface area contributed by atoms with E-state index in [0.29, 0.717) is 23.3 Å². The molecule has 1 aromatic carbocycles. The molecule has 0 aliphatic carbocycles. The Hall–Kier alpha value is -2.88. The smallest absolute Gasteiger partial charge is 0.332 e. The molecule has 0 saturated carbocycles. The van der Waals surface area contributed by atoms with E-state index in [0.717, 1.165) is 9.46 Å². The van der Waals surface area contributed by atoms with Crippen LogP contribution in [-0.2, 0) is 30.2 Å². The topological polar surface area (TPSA) is 88.1 Å². The van der Waals surface area contributed by atoms with Gasteiger partial charge in [0.05, 0.1) is 19.4 Å². The average Bonchev–Trinajstić information content (AvgIpc) is 3.09. The highest BCUT2D eigenvalue weighted by molar-refractivity contribution is 7.99. The first-order chi connectivity index (χ1) is 13.9. The number of carbonyl (C=O) groups excluding carboxylic acids is 1. The molecule has 154 valence electrons. The molecular formula is C19H21FN4O4S. The second kappa shape index (κ2) is 9.08. The highest BCUT2D eigenvalue weighted by Crippen LogP contribution is 2.19. The van der Waals surface area contributed by atoms with Gasteiger partial charge in [0.2, 0.25) is 0 Å². The number of esters is 1. The van der Waals surface area contributed by atoms with Gasteiger partial charge in [0, 0.05) is 31.3 Å². The minimum Gasteiger partial charge on any atom is -0.466 e. The number of aromatic nitrogens is 4. The van der Waals surface area contributed by atoms with Crippen LogP contribution in [0.4, 0.5) is 4.39 Å². The van der Waals surface area contributed by atoms with Crippen molar-refractivity contribution in [2.45, 2.75) is 24.3 Å². The normalized spacial score (nSPS) is 11.1. The van der Waals surface area contributed by atoms with Crippen LogP contribution in [0.25, 0.3) is 11.2 Å². The number of hydrogen-bond acceptors (Lipinski definition) is 6. The van der Waals surface area contributed by atoms with Crippen molar-refractivity contribution >= 4 is 28.9 Å². The molecule has 2 heterocycles. The summed E-state index contributed by atoms with van der Waals surface area (Å²) in [5.74, 6) is -0.145. The first-order valence-corrected chi connectivity index (χ1v) is 10.0. The van der Waals surface area contributed by atoms with Crippen LogP contribution in [0.1, 0.15) is 12.8 Å². The lowest BCUT2D eigenvalue weighted by molar-refractivity contribution is -0.143. The van der Waals surface area contributed by atoms with Gasteiger partial charge in [-0.1, -0.05) is 0 Å². The van der Waals surface area contributed by atoms with Gasteiger partial charge in [0.1, 0.15) is 5.82 Å². The zero-order valence-corrected chi connectivity index (χ0v) is 16.9. The van der Waals surface area contributed by atoms with E-state index < -0.39 is 11.2 Å². The molecule has 0 aliphatic rings. The third-order valence-corrected chi connectivity index (χ3v) is 5.39. The maximum atomic E-state index is 12.9. The van der Waals surface area contributed by atoms with Gasteiger partial charge < -0.3 is 9.30 Å². The molecule has 0 unspecified atom stereocenters. The maximum absolute atomic E-state index is 12.9. The lowest BCUT2D eigenvalue weighted by atomic mass is 10.4. The number of fused-ring (bicyclic) bond motifs is 1. The fourth-order valence-electron chi connectivity index (χ4n) is 2.86. The van der Waals surface area contributed by atoms with Crippen molar-refractivity contribution in [1.82, 2.24) is 18.7 Å². The summed E-state index contributed by atoms with van der Waals surface area (Å²) in [5.41, 5.74) is -0.181. The number of carbonyl (C=O) groups is 1. The Morgan fingerprint density at radius 3 is 2.66 bits per heavy atom. The first kappa shape index (κ1) is 20.8. The van der Waals surface area contributed by atoms with Gasteiger partial charge in [-0.15, -0.1) is 11.8 Å². The predicted octanol–water partition coefficient (Wildman–Crippen LogP) is 1.69. The second-order valence-electron chi connectivity index (χ2n) is 6.45. The molecule has 2 aromatic heterocycles. The molecule has 8 nitrogen and oxygen atoms in total. The third kappa shape index (κ3) is 4.76. The van der Waals surface area contributed by atoms with Gasteiger partial charge in [-0.25, -0.2) is 14.2 Å². The molecular weight excluding hydrogens is 399 g/mol. The Kier molecular flexibility index (Phi) is 6.53. The fraction of sp³-hybridized carbons (Fsp3) is 0.368. The Labute approximate surface area is 169 Å². The average molecular weight is 420 g/mol. The summed E-state index contributed by atoms with van der Waals surface area (Å²) in [6.45, 7) is 0.253. The number of aryl methyl sites for hydroxylation is 2. The summed E-state index contributed by atoms with van der Waals surface area (Å²) in [4.78, 5) is 41.7. The van der Waals surface area contributed by atoms with Crippen LogP contribution in [0.5, 0.6) is 0 Å². The zero-order chi connectivity index (χ0) is 21.0. The van der Waals surface area contributed by atoms with Crippen LogP contribution < -0.4 is 11.2 Å². The molecule has 0 fully saturated rings. The Balaban J connectivity index is 1.48. The minimum atomic E-state index is -0.455. The molecule has 0 atom stereocenters. The summed E-state index contributed by atoms with van der Waals surface area (Å²) in [7, 11) is 3.25. The van der Waals surface area contributed by atoms with Crippen molar-refractivity contribution < 1.29 is 13.9 Å². The van der Waals surface area contributed by atoms with Gasteiger partial charge >= 0.3 is 11.7 Å². The van der Waals surface area contributed by atoms with Crippen LogP contribution in [0, 0.1) is 5.82 Å². The van der Waals surface area contributed by atoms with Crippen molar-refractivity contribution in [3.63, 3.8) is 0 Å². The van der Waals surface area contributed by atoms with Gasteiger partial charge in [-0.3, -0.25) is 18.7 Å². The molecule has 0 radical (unpaired) electrons. The number of benzene rings is 1. The number of nitrogens with zero attached hydrogens (tertiary/aromatic N) is 4. The first-order valence-electron chi connectivity index (χ1n) is 9.03. The number of hydrogen-bond donors (Lipinski definition) is 0. The van der Waals surface area contributed by atoms with Crippen molar-refractivity contribution in [3.05, 3.63) is 57.2 Å². The van der Waals surface area contributed by atoms with Gasteiger partial charge in [0.25, 0.3) is 5.56 Å². The fourth-order valence-corrected chi connectivity index (χ4v) is 3.69. The molecule has 0 N–H and O–H groups in total. The monoisotopic (exact) mass is 420 g/mol. The van der Waals surface area contributed by atoms with E-state index in [2.05, 4.69) is 4.98 Å². The summed E-state index contributed by atoms with van der Waals surface area (Å²) >= 11 is 1.44. The van der Waals surface area contributed by atoms with E-state index in [-0.39, 0.29) is 31.4 Å². The minimum absolute atomic E-state index is 0.110. The number of rotatable bonds is 8. The molecule has 0 amide bonds. The second-order valence-corrected chi connectivity index (χ2v) is 7.62. The standard InChI is InChI=1S/C19H21FN4O4S/c1-22-12-21-17-16(22)18(26)24(19(27)23(17)2)9-3-10-28-15(25)8-11-29-14-6-4-13(20)5-7-14/h4-7,12H,3,8-11H2,1-2H3.